The van der Waals surface area contributed by atoms with Crippen molar-refractivity contribution in [1.82, 2.24) is 0 Å². The molecule has 2 aliphatic carbocycles. The van der Waals surface area contributed by atoms with E-state index in [1.165, 1.54) is 76.8 Å². The predicted molar refractivity (Wildman–Crippen MR) is 105 cm³/mol. The summed E-state index contributed by atoms with van der Waals surface area (Å²) < 4.78 is 0. The highest BCUT2D eigenvalue weighted by Crippen LogP contribution is 2.75. The van der Waals surface area contributed by atoms with E-state index in [1.54, 1.807) is 12.8 Å². The molecule has 4 fully saturated rings. The van der Waals surface area contributed by atoms with Gasteiger partial charge in [0, 0.05) is 12.3 Å². The molecule has 5 unspecified atom stereocenters. The molecule has 1 nitrogen and oxygen atoms in total. The first kappa shape index (κ1) is 17.2. The van der Waals surface area contributed by atoms with Gasteiger partial charge >= 0.3 is 0 Å². The van der Waals surface area contributed by atoms with E-state index in [9.17, 15) is 5.11 Å². The summed E-state index contributed by atoms with van der Waals surface area (Å²) in [5, 5.41) is 10.0. The first-order chi connectivity index (χ1) is 11.4. The Morgan fingerprint density at radius 2 is 1.17 bits per heavy atom. The number of rotatable bonds is 5. The van der Waals surface area contributed by atoms with E-state index in [1.807, 2.05) is 0 Å². The van der Waals surface area contributed by atoms with E-state index in [0.717, 1.165) is 28.3 Å². The fraction of sp³-hybridized carbons (Fsp3) is 1.00. The van der Waals surface area contributed by atoms with E-state index in [-0.39, 0.29) is 7.92 Å². The normalized spacial score (nSPS) is 44.7. The quantitative estimate of drug-likeness (QED) is 0.608. The van der Waals surface area contributed by atoms with Crippen LogP contribution in [-0.2, 0) is 0 Å². The van der Waals surface area contributed by atoms with Gasteiger partial charge in [-0.15, -0.1) is 0 Å². The molecule has 0 aromatic heterocycles. The maximum absolute atomic E-state index is 10.0. The zero-order valence-corrected chi connectivity index (χ0v) is 16.6. The lowest BCUT2D eigenvalue weighted by molar-refractivity contribution is 0.291. The van der Waals surface area contributed by atoms with Gasteiger partial charge in [0.15, 0.2) is 0 Å². The molecule has 4 aliphatic rings. The van der Waals surface area contributed by atoms with Gasteiger partial charge in [0.25, 0.3) is 0 Å². The Morgan fingerprint density at radius 1 is 0.696 bits per heavy atom. The van der Waals surface area contributed by atoms with Crippen LogP contribution in [0.5, 0.6) is 0 Å². The summed E-state index contributed by atoms with van der Waals surface area (Å²) >= 11 is 0. The predicted octanol–water partition coefficient (Wildman–Crippen LogP) is 5.91. The van der Waals surface area contributed by atoms with Crippen LogP contribution in [0.1, 0.15) is 83.5 Å². The molecule has 3 heteroatoms. The first-order valence-electron chi connectivity index (χ1n) is 10.5. The van der Waals surface area contributed by atoms with Crippen molar-refractivity contribution in [2.45, 2.75) is 112 Å². The van der Waals surface area contributed by atoms with E-state index in [2.05, 4.69) is 0 Å². The Hall–Kier alpha value is 0.820. The van der Waals surface area contributed by atoms with Crippen LogP contribution in [0.15, 0.2) is 0 Å². The van der Waals surface area contributed by atoms with Crippen molar-refractivity contribution in [3.05, 3.63) is 0 Å². The number of fused-ring (bicyclic) bond motifs is 2. The van der Waals surface area contributed by atoms with Gasteiger partial charge in [0.05, 0.1) is 0 Å². The first-order valence-corrected chi connectivity index (χ1v) is 13.8. The summed E-state index contributed by atoms with van der Waals surface area (Å²) in [6.07, 6.45) is 21.0. The van der Waals surface area contributed by atoms with Crippen LogP contribution >= 0.6 is 15.8 Å². The largest absolute Gasteiger partial charge is 0.396 e. The maximum atomic E-state index is 10.0. The summed E-state index contributed by atoms with van der Waals surface area (Å²) in [4.78, 5) is 0. The van der Waals surface area contributed by atoms with Gasteiger partial charge < -0.3 is 5.11 Å². The molecule has 2 saturated heterocycles. The molecular weight excluding hydrogens is 318 g/mol. The van der Waals surface area contributed by atoms with E-state index in [0.29, 0.717) is 14.5 Å². The van der Waals surface area contributed by atoms with Crippen molar-refractivity contribution in [1.29, 1.82) is 0 Å². The summed E-state index contributed by atoms with van der Waals surface area (Å²) in [7, 11) is 0.596. The van der Waals surface area contributed by atoms with Crippen LogP contribution in [0.3, 0.4) is 0 Å². The zero-order chi connectivity index (χ0) is 15.6. The molecule has 0 aromatic rings. The minimum absolute atomic E-state index is 0.213. The molecule has 1 N–H and O–H groups in total. The molecule has 0 spiro atoms. The van der Waals surface area contributed by atoms with Gasteiger partial charge in [-0.1, -0.05) is 67.2 Å². The lowest BCUT2D eigenvalue weighted by Crippen LogP contribution is -2.09. The van der Waals surface area contributed by atoms with Crippen LogP contribution in [0, 0.1) is 0 Å². The monoisotopic (exact) mass is 354 g/mol. The molecule has 0 radical (unpaired) electrons. The maximum Gasteiger partial charge on any atom is 0.0498 e. The van der Waals surface area contributed by atoms with Crippen LogP contribution in [-0.4, -0.2) is 46.2 Å². The van der Waals surface area contributed by atoms with Gasteiger partial charge in [-0.25, -0.2) is 0 Å². The molecule has 2 saturated carbocycles. The highest BCUT2D eigenvalue weighted by molar-refractivity contribution is 7.68. The van der Waals surface area contributed by atoms with Gasteiger partial charge in [-0.2, -0.15) is 0 Å². The average Bonchev–Trinajstić information content (AvgIpc) is 3.36. The number of aliphatic hydroxyl groups is 1. The summed E-state index contributed by atoms with van der Waals surface area (Å²) in [5.74, 6) is 0. The molecular formula is C20H36OP2. The van der Waals surface area contributed by atoms with Crippen molar-refractivity contribution in [2.75, 3.05) is 12.8 Å². The van der Waals surface area contributed by atoms with Crippen molar-refractivity contribution >= 4 is 15.8 Å². The fourth-order valence-electron chi connectivity index (χ4n) is 5.78. The third-order valence-corrected chi connectivity index (χ3v) is 14.2. The lowest BCUT2D eigenvalue weighted by Gasteiger charge is -2.15. The summed E-state index contributed by atoms with van der Waals surface area (Å²) in [6.45, 7) is 0.511. The molecule has 5 atom stereocenters. The Bertz CT molecular complexity index is 360. The number of aliphatic hydroxyl groups excluding tert-OH is 1. The Kier molecular flexibility index (Phi) is 6.01. The van der Waals surface area contributed by atoms with E-state index >= 15 is 0 Å². The molecule has 132 valence electrons. The molecule has 23 heavy (non-hydrogen) atoms. The smallest absolute Gasteiger partial charge is 0.0498 e. The minimum Gasteiger partial charge on any atom is -0.396 e. The highest BCUT2D eigenvalue weighted by atomic mass is 31.1. The molecule has 4 rings (SSSR count). The Balaban J connectivity index is 1.26. The molecule has 2 aliphatic heterocycles. The van der Waals surface area contributed by atoms with Gasteiger partial charge in [-0.3, -0.25) is 0 Å². The second-order valence-electron chi connectivity index (χ2n) is 8.56. The van der Waals surface area contributed by atoms with Crippen molar-refractivity contribution < 1.29 is 5.11 Å². The minimum atomic E-state index is 0.213. The van der Waals surface area contributed by atoms with Gasteiger partial charge in [0.2, 0.25) is 0 Å². The van der Waals surface area contributed by atoms with Crippen molar-refractivity contribution in [3.8, 4) is 0 Å². The van der Waals surface area contributed by atoms with Crippen molar-refractivity contribution in [2.24, 2.45) is 0 Å². The SMILES string of the molecule is OCC(CCP1C2CCCCCCC21)P1C2CCCCCCC21. The van der Waals surface area contributed by atoms with E-state index in [4.69, 9.17) is 0 Å². The number of hydrogen-bond donors (Lipinski definition) is 1. The Morgan fingerprint density at radius 3 is 1.65 bits per heavy atom. The van der Waals surface area contributed by atoms with Crippen LogP contribution in [0.25, 0.3) is 0 Å². The molecule has 0 aromatic carbocycles. The second-order valence-corrected chi connectivity index (χ2v) is 14.3. The topological polar surface area (TPSA) is 20.2 Å². The van der Waals surface area contributed by atoms with Crippen LogP contribution in [0.4, 0.5) is 0 Å². The number of hydrogen-bond acceptors (Lipinski definition) is 1. The molecule has 2 heterocycles. The standard InChI is InChI=1S/C20H36OP2/c21-15-16(23-19-11-7-3-4-8-12-20(19)23)13-14-22-17-9-5-1-2-6-10-18(17)22/h16-21H,1-15H2. The summed E-state index contributed by atoms with van der Waals surface area (Å²) in [6, 6.07) is 0. The third-order valence-electron chi connectivity index (χ3n) is 7.18. The fourth-order valence-corrected chi connectivity index (χ4v) is 13.5. The summed E-state index contributed by atoms with van der Waals surface area (Å²) in [5.41, 5.74) is 5.19. The van der Waals surface area contributed by atoms with Gasteiger partial charge in [0.1, 0.15) is 0 Å². The molecule has 0 amide bonds. The van der Waals surface area contributed by atoms with E-state index < -0.39 is 0 Å². The van der Waals surface area contributed by atoms with Crippen LogP contribution < -0.4 is 0 Å². The van der Waals surface area contributed by atoms with Gasteiger partial charge in [-0.05, 0) is 60.9 Å². The van der Waals surface area contributed by atoms with Crippen molar-refractivity contribution in [3.63, 3.8) is 0 Å². The lowest BCUT2D eigenvalue weighted by atomic mass is 10.0. The Labute approximate surface area is 145 Å². The molecule has 0 bridgehead atoms. The third kappa shape index (κ3) is 3.99. The second kappa shape index (κ2) is 8.01. The highest BCUT2D eigenvalue weighted by Gasteiger charge is 2.53. The van der Waals surface area contributed by atoms with Crippen LogP contribution in [0.2, 0.25) is 0 Å². The average molecular weight is 354 g/mol. The zero-order valence-electron chi connectivity index (χ0n) is 14.8.